The third-order valence-electron chi connectivity index (χ3n) is 3.52. The first kappa shape index (κ1) is 21.1. The number of anilines is 1. The average Bonchev–Trinajstić information content (AvgIpc) is 2.64. The first-order valence-corrected chi connectivity index (χ1v) is 8.37. The number of pyridine rings is 2. The molecule has 0 atom stereocenters. The summed E-state index contributed by atoms with van der Waals surface area (Å²) in [6.45, 7) is 1.96. The van der Waals surface area contributed by atoms with E-state index in [0.29, 0.717) is 16.7 Å². The van der Waals surface area contributed by atoms with Crippen LogP contribution in [-0.4, -0.2) is 34.6 Å². The predicted molar refractivity (Wildman–Crippen MR) is 94.9 cm³/mol. The van der Waals surface area contributed by atoms with Crippen molar-refractivity contribution in [2.45, 2.75) is 33.0 Å². The quantitative estimate of drug-likeness (QED) is 0.751. The van der Waals surface area contributed by atoms with Gasteiger partial charge in [-0.1, -0.05) is 6.92 Å². The molecule has 2 aromatic heterocycles. The van der Waals surface area contributed by atoms with Crippen LogP contribution in [0, 0.1) is 6.92 Å². The van der Waals surface area contributed by atoms with Crippen LogP contribution in [0.15, 0.2) is 30.6 Å². The van der Waals surface area contributed by atoms with Gasteiger partial charge in [0.05, 0.1) is 0 Å². The number of aromatic nitrogens is 2. The van der Waals surface area contributed by atoms with Crippen molar-refractivity contribution in [1.29, 1.82) is 0 Å². The summed E-state index contributed by atoms with van der Waals surface area (Å²) >= 11 is 0. The number of halogens is 3. The van der Waals surface area contributed by atoms with Crippen molar-refractivity contribution >= 4 is 17.6 Å². The van der Waals surface area contributed by atoms with Gasteiger partial charge in [-0.3, -0.25) is 9.59 Å². The van der Waals surface area contributed by atoms with Crippen LogP contribution in [0.25, 0.3) is 0 Å². The lowest BCUT2D eigenvalue weighted by Crippen LogP contribution is -2.23. The first-order valence-electron chi connectivity index (χ1n) is 8.37. The number of hydrogen-bond acceptors (Lipinski definition) is 5. The van der Waals surface area contributed by atoms with E-state index < -0.39 is 18.7 Å². The van der Waals surface area contributed by atoms with Gasteiger partial charge in [-0.25, -0.2) is 9.97 Å². The summed E-state index contributed by atoms with van der Waals surface area (Å²) in [5.41, 5.74) is 1.32. The van der Waals surface area contributed by atoms with Crippen molar-refractivity contribution in [2.24, 2.45) is 0 Å². The molecule has 0 fully saturated rings. The molecule has 2 aromatic rings. The van der Waals surface area contributed by atoms with Gasteiger partial charge in [0.2, 0.25) is 11.8 Å². The van der Waals surface area contributed by atoms with Crippen LogP contribution in [0.2, 0.25) is 0 Å². The van der Waals surface area contributed by atoms with E-state index in [2.05, 4.69) is 25.3 Å². The highest BCUT2D eigenvalue weighted by Gasteiger charge is 2.29. The first-order chi connectivity index (χ1) is 13.2. The van der Waals surface area contributed by atoms with Gasteiger partial charge in [-0.05, 0) is 30.7 Å². The van der Waals surface area contributed by atoms with Crippen LogP contribution in [0.1, 0.15) is 34.8 Å². The maximum absolute atomic E-state index is 12.3. The van der Waals surface area contributed by atoms with E-state index in [-0.39, 0.29) is 30.6 Å². The van der Waals surface area contributed by atoms with E-state index in [4.69, 9.17) is 0 Å². The molecule has 0 aliphatic heterocycles. The van der Waals surface area contributed by atoms with Gasteiger partial charge in [-0.15, -0.1) is 0 Å². The molecule has 0 aromatic carbocycles. The summed E-state index contributed by atoms with van der Waals surface area (Å²) in [7, 11) is 0. The standard InChI is InChI=1S/C18H19F3N4O3/c1-3-15(26)25-14-7-13(4-5-22-14)16(27)23-8-12-6-11(2)17(24-9-12)28-10-18(19,20)21/h4-7,9H,3,8,10H2,1-2H3,(H,23,27)(H,22,25,26). The molecule has 0 aliphatic carbocycles. The van der Waals surface area contributed by atoms with Crippen molar-refractivity contribution in [2.75, 3.05) is 11.9 Å². The minimum absolute atomic E-state index is 0.113. The summed E-state index contributed by atoms with van der Waals surface area (Å²) in [6.07, 6.45) is -1.43. The van der Waals surface area contributed by atoms with Gasteiger partial charge in [-0.2, -0.15) is 13.2 Å². The molecule has 2 rings (SSSR count). The number of nitrogens with one attached hydrogen (secondary N) is 2. The molecule has 2 heterocycles. The molecule has 0 radical (unpaired) electrons. The number of carbonyl (C=O) groups is 2. The highest BCUT2D eigenvalue weighted by Crippen LogP contribution is 2.20. The number of carbonyl (C=O) groups excluding carboxylic acids is 2. The normalized spacial score (nSPS) is 11.0. The molecule has 0 spiro atoms. The van der Waals surface area contributed by atoms with E-state index in [1.54, 1.807) is 19.9 Å². The molecule has 10 heteroatoms. The number of hydrogen-bond donors (Lipinski definition) is 2. The molecule has 7 nitrogen and oxygen atoms in total. The number of amides is 2. The Morgan fingerprint density at radius 2 is 1.96 bits per heavy atom. The number of rotatable bonds is 7. The van der Waals surface area contributed by atoms with Crippen LogP contribution < -0.4 is 15.4 Å². The maximum Gasteiger partial charge on any atom is 0.422 e. The van der Waals surface area contributed by atoms with Crippen LogP contribution in [-0.2, 0) is 11.3 Å². The molecular weight excluding hydrogens is 377 g/mol. The summed E-state index contributed by atoms with van der Waals surface area (Å²) < 4.78 is 41.3. The number of aryl methyl sites for hydroxylation is 1. The Morgan fingerprint density at radius 3 is 2.61 bits per heavy atom. The van der Waals surface area contributed by atoms with Crippen molar-refractivity contribution in [3.63, 3.8) is 0 Å². The summed E-state index contributed by atoms with van der Waals surface area (Å²) in [6, 6.07) is 4.52. The zero-order valence-corrected chi connectivity index (χ0v) is 15.3. The molecular formula is C18H19F3N4O3. The van der Waals surface area contributed by atoms with Crippen molar-refractivity contribution in [3.8, 4) is 5.88 Å². The van der Waals surface area contributed by atoms with Gasteiger partial charge in [0.15, 0.2) is 6.61 Å². The number of alkyl halides is 3. The lowest BCUT2D eigenvalue weighted by molar-refractivity contribution is -0.154. The second-order valence-electron chi connectivity index (χ2n) is 5.88. The fourth-order valence-corrected chi connectivity index (χ4v) is 2.17. The van der Waals surface area contributed by atoms with E-state index in [1.807, 2.05) is 0 Å². The maximum atomic E-state index is 12.3. The minimum atomic E-state index is -4.44. The van der Waals surface area contributed by atoms with E-state index in [9.17, 15) is 22.8 Å². The Labute approximate surface area is 159 Å². The summed E-state index contributed by atoms with van der Waals surface area (Å²) in [5, 5.41) is 5.24. The number of ether oxygens (including phenoxy) is 1. The minimum Gasteiger partial charge on any atom is -0.468 e. The predicted octanol–water partition coefficient (Wildman–Crippen LogP) is 3.00. The zero-order chi connectivity index (χ0) is 20.7. The molecule has 2 N–H and O–H groups in total. The van der Waals surface area contributed by atoms with Gasteiger partial charge in [0.25, 0.3) is 5.91 Å². The van der Waals surface area contributed by atoms with E-state index >= 15 is 0 Å². The molecule has 28 heavy (non-hydrogen) atoms. The molecule has 0 unspecified atom stereocenters. The number of nitrogens with zero attached hydrogens (tertiary/aromatic N) is 2. The Bertz CT molecular complexity index is 856. The topological polar surface area (TPSA) is 93.2 Å². The third kappa shape index (κ3) is 6.53. The largest absolute Gasteiger partial charge is 0.468 e. The van der Waals surface area contributed by atoms with Crippen molar-refractivity contribution < 1.29 is 27.5 Å². The molecule has 0 saturated heterocycles. The monoisotopic (exact) mass is 396 g/mol. The van der Waals surface area contributed by atoms with Gasteiger partial charge >= 0.3 is 6.18 Å². The smallest absolute Gasteiger partial charge is 0.422 e. The zero-order valence-electron chi connectivity index (χ0n) is 15.3. The van der Waals surface area contributed by atoms with Gasteiger partial charge in [0, 0.05) is 36.5 Å². The summed E-state index contributed by atoms with van der Waals surface area (Å²) in [4.78, 5) is 31.5. The Morgan fingerprint density at radius 1 is 1.21 bits per heavy atom. The Balaban J connectivity index is 1.96. The molecule has 0 bridgehead atoms. The van der Waals surface area contributed by atoms with E-state index in [0.717, 1.165) is 0 Å². The van der Waals surface area contributed by atoms with Crippen LogP contribution in [0.5, 0.6) is 5.88 Å². The fraction of sp³-hybridized carbons (Fsp3) is 0.333. The second-order valence-corrected chi connectivity index (χ2v) is 5.88. The lowest BCUT2D eigenvalue weighted by Gasteiger charge is -2.12. The van der Waals surface area contributed by atoms with Crippen LogP contribution >= 0.6 is 0 Å². The van der Waals surface area contributed by atoms with Gasteiger partial charge < -0.3 is 15.4 Å². The highest BCUT2D eigenvalue weighted by atomic mass is 19.4. The van der Waals surface area contributed by atoms with Crippen LogP contribution in [0.4, 0.5) is 19.0 Å². The lowest BCUT2D eigenvalue weighted by atomic mass is 10.2. The SMILES string of the molecule is CCC(=O)Nc1cc(C(=O)NCc2cnc(OCC(F)(F)F)c(C)c2)ccn1. The van der Waals surface area contributed by atoms with Gasteiger partial charge in [0.1, 0.15) is 5.82 Å². The Hall–Kier alpha value is -3.17. The van der Waals surface area contributed by atoms with Crippen molar-refractivity contribution in [1.82, 2.24) is 15.3 Å². The molecule has 2 amide bonds. The highest BCUT2D eigenvalue weighted by molar-refractivity contribution is 5.96. The fourth-order valence-electron chi connectivity index (χ4n) is 2.17. The third-order valence-corrected chi connectivity index (χ3v) is 3.52. The summed E-state index contributed by atoms with van der Waals surface area (Å²) in [5.74, 6) is -0.468. The van der Waals surface area contributed by atoms with E-state index in [1.165, 1.54) is 24.5 Å². The molecule has 0 saturated carbocycles. The Kier molecular flexibility index (Phi) is 6.91. The van der Waals surface area contributed by atoms with Crippen molar-refractivity contribution in [3.05, 3.63) is 47.3 Å². The van der Waals surface area contributed by atoms with Crippen LogP contribution in [0.3, 0.4) is 0 Å². The molecule has 150 valence electrons. The molecule has 0 aliphatic rings. The second kappa shape index (κ2) is 9.16. The average molecular weight is 396 g/mol.